The minimum atomic E-state index is -0.427. The first kappa shape index (κ1) is 19.1. The molecule has 0 N–H and O–H groups in total. The van der Waals surface area contributed by atoms with E-state index in [0.29, 0.717) is 16.2 Å². The fourth-order valence-electron chi connectivity index (χ4n) is 2.96. The summed E-state index contributed by atoms with van der Waals surface area (Å²) in [4.78, 5) is 30.6. The van der Waals surface area contributed by atoms with Crippen molar-refractivity contribution < 1.29 is 9.18 Å². The predicted octanol–water partition coefficient (Wildman–Crippen LogP) is 3.63. The maximum Gasteiger partial charge on any atom is 0.350 e. The van der Waals surface area contributed by atoms with Gasteiger partial charge in [-0.2, -0.15) is 0 Å². The molecule has 0 amide bonds. The lowest BCUT2D eigenvalue weighted by molar-refractivity contribution is 0.0966. The molecule has 4 aromatic rings. The summed E-state index contributed by atoms with van der Waals surface area (Å²) in [6.45, 7) is 1.84. The summed E-state index contributed by atoms with van der Waals surface area (Å²) in [5.74, 6) is -0.749. The molecule has 4 rings (SSSR count). The van der Waals surface area contributed by atoms with E-state index < -0.39 is 11.5 Å². The summed E-state index contributed by atoms with van der Waals surface area (Å²) in [5.41, 5.74) is 1.46. The highest BCUT2D eigenvalue weighted by molar-refractivity contribution is 7.99. The number of carbonyl (C=O) groups excluding carboxylic acids is 1. The number of ketones is 1. The second-order valence-electron chi connectivity index (χ2n) is 6.36. The van der Waals surface area contributed by atoms with Gasteiger partial charge in [-0.3, -0.25) is 4.79 Å². The zero-order chi connectivity index (χ0) is 20.4. The molecule has 0 saturated carbocycles. The van der Waals surface area contributed by atoms with Gasteiger partial charge in [0, 0.05) is 22.9 Å². The first-order valence-corrected chi connectivity index (χ1v) is 9.87. The third kappa shape index (κ3) is 3.84. The standard InChI is InChI=1S/C21H17FN4O2S/c1-2-14-5-3-4-6-18(14)29-20-19-24-26(21(28)25(19)12-11-23-20)13-17(27)15-7-9-16(22)10-8-15/h3-12H,2,13H2,1H3. The number of hydrogen-bond donors (Lipinski definition) is 0. The average molecular weight is 408 g/mol. The number of fused-ring (bicyclic) bond motifs is 1. The molecule has 0 spiro atoms. The second-order valence-corrected chi connectivity index (χ2v) is 7.39. The zero-order valence-corrected chi connectivity index (χ0v) is 16.4. The molecule has 0 atom stereocenters. The van der Waals surface area contributed by atoms with Gasteiger partial charge in [-0.15, -0.1) is 5.10 Å². The van der Waals surface area contributed by atoms with Gasteiger partial charge < -0.3 is 0 Å². The van der Waals surface area contributed by atoms with E-state index in [2.05, 4.69) is 23.1 Å². The molecule has 2 heterocycles. The first-order valence-electron chi connectivity index (χ1n) is 9.05. The Kier molecular flexibility index (Phi) is 5.26. The van der Waals surface area contributed by atoms with Crippen molar-refractivity contribution in [1.82, 2.24) is 19.2 Å². The van der Waals surface area contributed by atoms with Crippen molar-refractivity contribution in [1.29, 1.82) is 0 Å². The van der Waals surface area contributed by atoms with Crippen LogP contribution in [0.3, 0.4) is 0 Å². The topological polar surface area (TPSA) is 69.3 Å². The molecule has 0 aliphatic carbocycles. The molecule has 2 aromatic carbocycles. The molecule has 0 fully saturated rings. The van der Waals surface area contributed by atoms with Crippen LogP contribution in [0.4, 0.5) is 4.39 Å². The Morgan fingerprint density at radius 1 is 1.14 bits per heavy atom. The number of aromatic nitrogens is 4. The highest BCUT2D eigenvalue weighted by Gasteiger charge is 2.16. The predicted molar refractivity (Wildman–Crippen MR) is 108 cm³/mol. The number of nitrogens with zero attached hydrogens (tertiary/aromatic N) is 4. The Morgan fingerprint density at radius 3 is 2.66 bits per heavy atom. The summed E-state index contributed by atoms with van der Waals surface area (Å²) < 4.78 is 15.6. The third-order valence-corrected chi connectivity index (χ3v) is 5.59. The van der Waals surface area contributed by atoms with Crippen LogP contribution in [-0.2, 0) is 13.0 Å². The van der Waals surface area contributed by atoms with Crippen molar-refractivity contribution in [3.63, 3.8) is 0 Å². The maximum absolute atomic E-state index is 13.1. The van der Waals surface area contributed by atoms with E-state index in [4.69, 9.17) is 0 Å². The number of rotatable bonds is 6. The lowest BCUT2D eigenvalue weighted by Crippen LogP contribution is -2.25. The molecule has 146 valence electrons. The maximum atomic E-state index is 13.1. The van der Waals surface area contributed by atoms with Crippen LogP contribution in [0, 0.1) is 5.82 Å². The minimum absolute atomic E-state index is 0.234. The van der Waals surface area contributed by atoms with Gasteiger partial charge in [-0.05, 0) is 42.3 Å². The van der Waals surface area contributed by atoms with Gasteiger partial charge in [0.2, 0.25) is 0 Å². The molecule has 2 aromatic heterocycles. The highest BCUT2D eigenvalue weighted by atomic mass is 32.2. The summed E-state index contributed by atoms with van der Waals surface area (Å²) in [5, 5.41) is 4.92. The number of aryl methyl sites for hydroxylation is 1. The molecular weight excluding hydrogens is 391 g/mol. The molecule has 0 aliphatic rings. The normalized spacial score (nSPS) is 11.1. The fraction of sp³-hybridized carbons (Fsp3) is 0.143. The summed E-state index contributed by atoms with van der Waals surface area (Å²) in [6.07, 6.45) is 3.94. The number of benzene rings is 2. The van der Waals surface area contributed by atoms with Gasteiger partial charge in [0.15, 0.2) is 11.4 Å². The summed E-state index contributed by atoms with van der Waals surface area (Å²) in [7, 11) is 0. The Balaban J connectivity index is 1.68. The SMILES string of the molecule is CCc1ccccc1Sc1nccn2c(=O)n(CC(=O)c3ccc(F)cc3)nc12. The molecule has 29 heavy (non-hydrogen) atoms. The van der Waals surface area contributed by atoms with Crippen molar-refractivity contribution >= 4 is 23.2 Å². The smallest absolute Gasteiger partial charge is 0.292 e. The lowest BCUT2D eigenvalue weighted by atomic mass is 10.1. The van der Waals surface area contributed by atoms with Crippen molar-refractivity contribution in [2.45, 2.75) is 29.8 Å². The zero-order valence-electron chi connectivity index (χ0n) is 15.6. The quantitative estimate of drug-likeness (QED) is 0.456. The van der Waals surface area contributed by atoms with Crippen LogP contribution in [0.2, 0.25) is 0 Å². The average Bonchev–Trinajstić information content (AvgIpc) is 3.05. The molecule has 8 heteroatoms. The molecule has 6 nitrogen and oxygen atoms in total. The Bertz CT molecular complexity index is 1250. The molecular formula is C21H17FN4O2S. The van der Waals surface area contributed by atoms with Gasteiger partial charge in [0.05, 0.1) is 0 Å². The fourth-order valence-corrected chi connectivity index (χ4v) is 4.01. The summed E-state index contributed by atoms with van der Waals surface area (Å²) in [6, 6.07) is 13.2. The van der Waals surface area contributed by atoms with E-state index in [0.717, 1.165) is 16.0 Å². The first-order chi connectivity index (χ1) is 14.1. The van der Waals surface area contributed by atoms with E-state index in [1.54, 1.807) is 6.20 Å². The second kappa shape index (κ2) is 8.00. The Labute approximate surface area is 170 Å². The number of halogens is 1. The van der Waals surface area contributed by atoms with Gasteiger partial charge >= 0.3 is 5.69 Å². The van der Waals surface area contributed by atoms with Crippen molar-refractivity contribution in [3.05, 3.63) is 88.4 Å². The van der Waals surface area contributed by atoms with Crippen LogP contribution in [0.25, 0.3) is 5.65 Å². The van der Waals surface area contributed by atoms with E-state index in [1.165, 1.54) is 52.2 Å². The van der Waals surface area contributed by atoms with Gasteiger partial charge in [-0.1, -0.05) is 36.9 Å². The van der Waals surface area contributed by atoms with Crippen molar-refractivity contribution in [3.8, 4) is 0 Å². The monoisotopic (exact) mass is 408 g/mol. The Morgan fingerprint density at radius 2 is 1.90 bits per heavy atom. The van der Waals surface area contributed by atoms with Crippen LogP contribution in [0.5, 0.6) is 0 Å². The van der Waals surface area contributed by atoms with Crippen LogP contribution in [0.1, 0.15) is 22.8 Å². The highest BCUT2D eigenvalue weighted by Crippen LogP contribution is 2.31. The van der Waals surface area contributed by atoms with Gasteiger partial charge in [-0.25, -0.2) is 23.3 Å². The molecule has 0 unspecified atom stereocenters. The van der Waals surface area contributed by atoms with Crippen LogP contribution >= 0.6 is 11.8 Å². The Hall–Kier alpha value is -3.26. The number of Topliss-reactive ketones (excluding diaryl/α,β-unsaturated/α-hetero) is 1. The number of carbonyl (C=O) groups is 1. The van der Waals surface area contributed by atoms with Crippen LogP contribution < -0.4 is 5.69 Å². The van der Waals surface area contributed by atoms with E-state index in [-0.39, 0.29) is 12.3 Å². The van der Waals surface area contributed by atoms with E-state index >= 15 is 0 Å². The summed E-state index contributed by atoms with van der Waals surface area (Å²) >= 11 is 1.43. The van der Waals surface area contributed by atoms with E-state index in [1.807, 2.05) is 18.2 Å². The van der Waals surface area contributed by atoms with Crippen LogP contribution in [0.15, 0.2) is 75.6 Å². The van der Waals surface area contributed by atoms with Crippen molar-refractivity contribution in [2.75, 3.05) is 0 Å². The molecule has 0 aliphatic heterocycles. The molecule has 0 bridgehead atoms. The minimum Gasteiger partial charge on any atom is -0.292 e. The van der Waals surface area contributed by atoms with Crippen LogP contribution in [-0.4, -0.2) is 24.9 Å². The third-order valence-electron chi connectivity index (χ3n) is 4.49. The lowest BCUT2D eigenvalue weighted by Gasteiger charge is -2.06. The van der Waals surface area contributed by atoms with E-state index in [9.17, 15) is 14.0 Å². The number of hydrogen-bond acceptors (Lipinski definition) is 5. The molecule has 0 saturated heterocycles. The van der Waals surface area contributed by atoms with Gasteiger partial charge in [0.25, 0.3) is 0 Å². The largest absolute Gasteiger partial charge is 0.350 e. The molecule has 0 radical (unpaired) electrons. The van der Waals surface area contributed by atoms with Crippen molar-refractivity contribution in [2.24, 2.45) is 0 Å². The van der Waals surface area contributed by atoms with Gasteiger partial charge in [0.1, 0.15) is 17.4 Å².